The maximum Gasteiger partial charge on any atom is 0.412 e. The summed E-state index contributed by atoms with van der Waals surface area (Å²) in [4.78, 5) is 56.6. The van der Waals surface area contributed by atoms with E-state index >= 15 is 4.39 Å². The van der Waals surface area contributed by atoms with E-state index in [0.717, 1.165) is 6.20 Å². The van der Waals surface area contributed by atoms with Crippen LogP contribution in [0.15, 0.2) is 54.7 Å². The van der Waals surface area contributed by atoms with Crippen molar-refractivity contribution >= 4 is 47.0 Å². The number of fused-ring (bicyclic) bond motifs is 2. The van der Waals surface area contributed by atoms with Gasteiger partial charge in [0, 0.05) is 29.9 Å². The molecule has 11 nitrogen and oxygen atoms in total. The van der Waals surface area contributed by atoms with E-state index < -0.39 is 47.3 Å². The van der Waals surface area contributed by atoms with Gasteiger partial charge >= 0.3 is 12.2 Å². The fraction of sp³-hybridized carbons (Fsp3) is 0.276. The first-order chi connectivity index (χ1) is 20.6. The number of likely N-dealkylation sites (tertiary alicyclic amines) is 1. The summed E-state index contributed by atoms with van der Waals surface area (Å²) >= 11 is 6.06. The van der Waals surface area contributed by atoms with Crippen LogP contribution in [-0.2, 0) is 26.3 Å². The number of carbonyl (C=O) groups is 4. The SMILES string of the molecule is COC(=O)Nc1ccc(C(=O)N[C@@H](Cc2ccc(F)cn2)C(=O)N2CCC[C@@]3(C2)OC(=O)Nc2ccc(Cl)c(F)c23)cc1. The lowest BCUT2D eigenvalue weighted by atomic mass is 9.82. The van der Waals surface area contributed by atoms with Crippen LogP contribution in [0.4, 0.5) is 29.7 Å². The number of rotatable bonds is 6. The van der Waals surface area contributed by atoms with E-state index in [1.807, 2.05) is 0 Å². The monoisotopic (exact) mass is 613 g/mol. The second-order valence-electron chi connectivity index (χ2n) is 10.0. The van der Waals surface area contributed by atoms with Crippen molar-refractivity contribution in [2.75, 3.05) is 30.8 Å². The van der Waals surface area contributed by atoms with E-state index in [2.05, 4.69) is 25.7 Å². The molecule has 0 aliphatic carbocycles. The molecule has 14 heteroatoms. The summed E-state index contributed by atoms with van der Waals surface area (Å²) < 4.78 is 39.1. The van der Waals surface area contributed by atoms with Crippen LogP contribution in [0.1, 0.15) is 34.5 Å². The Hall–Kier alpha value is -4.78. The molecule has 3 heterocycles. The van der Waals surface area contributed by atoms with Crippen LogP contribution in [-0.4, -0.2) is 60.1 Å². The number of nitrogens with zero attached hydrogens (tertiary/aromatic N) is 2. The van der Waals surface area contributed by atoms with Gasteiger partial charge in [-0.2, -0.15) is 0 Å². The number of amides is 4. The third kappa shape index (κ3) is 6.36. The fourth-order valence-corrected chi connectivity index (χ4v) is 5.39. The predicted octanol–water partition coefficient (Wildman–Crippen LogP) is 4.61. The molecule has 224 valence electrons. The molecule has 0 saturated carbocycles. The van der Waals surface area contributed by atoms with Gasteiger partial charge in [0.15, 0.2) is 11.4 Å². The van der Waals surface area contributed by atoms with Crippen molar-refractivity contribution in [3.05, 3.63) is 88.2 Å². The topological polar surface area (TPSA) is 139 Å². The summed E-state index contributed by atoms with van der Waals surface area (Å²) in [6.07, 6.45) is 0.0200. The fourth-order valence-electron chi connectivity index (χ4n) is 5.23. The highest BCUT2D eigenvalue weighted by Gasteiger charge is 2.49. The van der Waals surface area contributed by atoms with Crippen molar-refractivity contribution in [3.8, 4) is 0 Å². The van der Waals surface area contributed by atoms with Gasteiger partial charge < -0.3 is 19.7 Å². The second kappa shape index (κ2) is 12.2. The van der Waals surface area contributed by atoms with Gasteiger partial charge in [0.1, 0.15) is 11.9 Å². The van der Waals surface area contributed by atoms with Crippen molar-refractivity contribution in [1.29, 1.82) is 0 Å². The number of halogens is 3. The highest BCUT2D eigenvalue weighted by Crippen LogP contribution is 2.45. The van der Waals surface area contributed by atoms with E-state index in [1.165, 1.54) is 60.5 Å². The number of piperidine rings is 1. The van der Waals surface area contributed by atoms with Crippen molar-refractivity contribution in [1.82, 2.24) is 15.2 Å². The second-order valence-corrected chi connectivity index (χ2v) is 10.5. The average Bonchev–Trinajstić information content (AvgIpc) is 2.99. The van der Waals surface area contributed by atoms with Gasteiger partial charge in [0.05, 0.1) is 36.1 Å². The van der Waals surface area contributed by atoms with Crippen molar-refractivity contribution in [2.24, 2.45) is 0 Å². The van der Waals surface area contributed by atoms with Gasteiger partial charge in [0.2, 0.25) is 5.91 Å². The Labute approximate surface area is 249 Å². The summed E-state index contributed by atoms with van der Waals surface area (Å²) in [7, 11) is 1.22. The molecule has 1 fully saturated rings. The number of anilines is 2. The molecule has 3 aromatic rings. The average molecular weight is 614 g/mol. The van der Waals surface area contributed by atoms with Crippen molar-refractivity contribution < 1.29 is 37.4 Å². The van der Waals surface area contributed by atoms with Crippen LogP contribution >= 0.6 is 11.6 Å². The summed E-state index contributed by atoms with van der Waals surface area (Å²) in [5.41, 5.74) is -0.369. The minimum Gasteiger partial charge on any atom is -0.453 e. The molecule has 0 radical (unpaired) electrons. The highest BCUT2D eigenvalue weighted by atomic mass is 35.5. The van der Waals surface area contributed by atoms with E-state index in [1.54, 1.807) is 0 Å². The lowest BCUT2D eigenvalue weighted by Crippen LogP contribution is -2.58. The van der Waals surface area contributed by atoms with E-state index in [-0.39, 0.29) is 47.8 Å². The predicted molar refractivity (Wildman–Crippen MR) is 151 cm³/mol. The molecule has 2 atom stereocenters. The van der Waals surface area contributed by atoms with Crippen LogP contribution < -0.4 is 16.0 Å². The molecule has 2 aliphatic heterocycles. The number of benzene rings is 2. The van der Waals surface area contributed by atoms with Crippen LogP contribution in [0.5, 0.6) is 0 Å². The first-order valence-electron chi connectivity index (χ1n) is 13.2. The molecule has 1 saturated heterocycles. The molecule has 4 amide bonds. The normalized spacial score (nSPS) is 18.1. The van der Waals surface area contributed by atoms with E-state index in [4.69, 9.17) is 16.3 Å². The number of ether oxygens (including phenoxy) is 2. The number of hydrogen-bond acceptors (Lipinski definition) is 7. The van der Waals surface area contributed by atoms with E-state index in [0.29, 0.717) is 17.8 Å². The molecule has 2 aliphatic rings. The zero-order valence-electron chi connectivity index (χ0n) is 22.8. The van der Waals surface area contributed by atoms with Gasteiger partial charge in [0.25, 0.3) is 5.91 Å². The summed E-state index contributed by atoms with van der Waals surface area (Å²) in [5, 5.41) is 7.50. The summed E-state index contributed by atoms with van der Waals surface area (Å²) in [6, 6.07) is 10.1. The quantitative estimate of drug-likeness (QED) is 0.369. The summed E-state index contributed by atoms with van der Waals surface area (Å²) in [6.45, 7) is 0.0425. The Morgan fingerprint density at radius 3 is 2.63 bits per heavy atom. The first kappa shape index (κ1) is 29.7. The zero-order chi connectivity index (χ0) is 30.7. The minimum absolute atomic E-state index is 0.0403. The van der Waals surface area contributed by atoms with Crippen LogP contribution in [0, 0.1) is 11.6 Å². The molecule has 43 heavy (non-hydrogen) atoms. The van der Waals surface area contributed by atoms with Crippen LogP contribution in [0.2, 0.25) is 5.02 Å². The standard InChI is InChI=1S/C29H26ClF2N5O6/c1-42-27(40)34-18-6-3-16(4-7-18)25(38)35-22(13-19-8-5-17(31)14-33-19)26(39)37-12-2-11-29(15-37)23-21(36-28(41)43-29)10-9-20(30)24(23)32/h3-10,14,22H,2,11-13,15H2,1H3,(H,34,40)(H,35,38)(H,36,41)/t22-,29-/m0/s1. The van der Waals surface area contributed by atoms with Crippen molar-refractivity contribution in [3.63, 3.8) is 0 Å². The molecule has 0 unspecified atom stereocenters. The molecule has 3 N–H and O–H groups in total. The lowest BCUT2D eigenvalue weighted by Gasteiger charge is -2.45. The molecule has 0 bridgehead atoms. The molecule has 5 rings (SSSR count). The lowest BCUT2D eigenvalue weighted by molar-refractivity contribution is -0.141. The molecule has 1 spiro atoms. The maximum atomic E-state index is 15.3. The van der Waals surface area contributed by atoms with Gasteiger partial charge in [-0.1, -0.05) is 11.6 Å². The number of carbonyl (C=O) groups excluding carboxylic acids is 4. The number of aromatic nitrogens is 1. The molecule has 2 aromatic carbocycles. The van der Waals surface area contributed by atoms with E-state index in [9.17, 15) is 23.6 Å². The number of hydrogen-bond donors (Lipinski definition) is 3. The minimum atomic E-state index is -1.51. The Kier molecular flexibility index (Phi) is 8.44. The molecular formula is C29H26ClF2N5O6. The smallest absolute Gasteiger partial charge is 0.412 e. The third-order valence-corrected chi connectivity index (χ3v) is 7.52. The van der Waals surface area contributed by atoms with Crippen LogP contribution in [0.3, 0.4) is 0 Å². The largest absolute Gasteiger partial charge is 0.453 e. The zero-order valence-corrected chi connectivity index (χ0v) is 23.5. The first-order valence-corrected chi connectivity index (χ1v) is 13.6. The molecule has 1 aromatic heterocycles. The highest BCUT2D eigenvalue weighted by molar-refractivity contribution is 6.31. The number of nitrogens with one attached hydrogen (secondary N) is 3. The maximum absolute atomic E-state index is 15.3. The third-order valence-electron chi connectivity index (χ3n) is 7.23. The number of methoxy groups -OCH3 is 1. The van der Waals surface area contributed by atoms with Gasteiger partial charge in [-0.05, 0) is 61.4 Å². The Bertz CT molecular complexity index is 1570. The van der Waals surface area contributed by atoms with Crippen molar-refractivity contribution in [2.45, 2.75) is 30.9 Å². The van der Waals surface area contributed by atoms with Gasteiger partial charge in [-0.3, -0.25) is 25.2 Å². The van der Waals surface area contributed by atoms with Gasteiger partial charge in [-0.15, -0.1) is 0 Å². The Morgan fingerprint density at radius 1 is 1.16 bits per heavy atom. The van der Waals surface area contributed by atoms with Gasteiger partial charge in [-0.25, -0.2) is 18.4 Å². The number of pyridine rings is 1. The molecular weight excluding hydrogens is 588 g/mol. The Morgan fingerprint density at radius 2 is 1.93 bits per heavy atom. The Balaban J connectivity index is 1.41. The summed E-state index contributed by atoms with van der Waals surface area (Å²) in [5.74, 6) is -2.48. The van der Waals surface area contributed by atoms with Crippen LogP contribution in [0.25, 0.3) is 0 Å².